The number of amides is 1. The first kappa shape index (κ1) is 9.73. The Morgan fingerprint density at radius 3 is 2.85 bits per heavy atom. The SMILES string of the molecule is CC(C)(Cn1ccnc1)C(=O)NN. The first-order valence-electron chi connectivity index (χ1n) is 4.03. The number of hydrogen-bond acceptors (Lipinski definition) is 3. The summed E-state index contributed by atoms with van der Waals surface area (Å²) in [5.74, 6) is 4.88. The van der Waals surface area contributed by atoms with E-state index < -0.39 is 5.41 Å². The largest absolute Gasteiger partial charge is 0.336 e. The molecule has 0 radical (unpaired) electrons. The smallest absolute Gasteiger partial charge is 0.241 e. The summed E-state index contributed by atoms with van der Waals surface area (Å²) in [5.41, 5.74) is 1.63. The third-order valence-electron chi connectivity index (χ3n) is 1.88. The average molecular weight is 182 g/mol. The van der Waals surface area contributed by atoms with E-state index in [1.165, 1.54) is 0 Å². The molecule has 1 rings (SSSR count). The molecule has 72 valence electrons. The fourth-order valence-electron chi connectivity index (χ4n) is 1.10. The van der Waals surface area contributed by atoms with Gasteiger partial charge in [-0.15, -0.1) is 0 Å². The molecule has 0 unspecified atom stereocenters. The van der Waals surface area contributed by atoms with Crippen molar-refractivity contribution in [3.63, 3.8) is 0 Å². The second kappa shape index (κ2) is 3.57. The average Bonchev–Trinajstić information content (AvgIpc) is 2.54. The Hall–Kier alpha value is -1.36. The van der Waals surface area contributed by atoms with Gasteiger partial charge >= 0.3 is 0 Å². The number of nitrogens with one attached hydrogen (secondary N) is 1. The van der Waals surface area contributed by atoms with Crippen LogP contribution in [-0.4, -0.2) is 15.5 Å². The number of hydrogen-bond donors (Lipinski definition) is 2. The first-order valence-corrected chi connectivity index (χ1v) is 4.03. The highest BCUT2D eigenvalue weighted by molar-refractivity contribution is 5.81. The minimum Gasteiger partial charge on any atom is -0.336 e. The molecular weight excluding hydrogens is 168 g/mol. The number of carbonyl (C=O) groups excluding carboxylic acids is 1. The van der Waals surface area contributed by atoms with E-state index in [9.17, 15) is 4.79 Å². The molecule has 0 fully saturated rings. The van der Waals surface area contributed by atoms with Crippen LogP contribution in [0.2, 0.25) is 0 Å². The number of hydrazine groups is 1. The van der Waals surface area contributed by atoms with Gasteiger partial charge in [-0.1, -0.05) is 0 Å². The molecule has 0 spiro atoms. The van der Waals surface area contributed by atoms with E-state index >= 15 is 0 Å². The Morgan fingerprint density at radius 1 is 1.69 bits per heavy atom. The zero-order valence-electron chi connectivity index (χ0n) is 7.82. The summed E-state index contributed by atoms with van der Waals surface area (Å²) in [7, 11) is 0. The van der Waals surface area contributed by atoms with Crippen LogP contribution in [0.15, 0.2) is 18.7 Å². The molecule has 13 heavy (non-hydrogen) atoms. The molecule has 1 aromatic heterocycles. The Labute approximate surface area is 76.9 Å². The zero-order chi connectivity index (χ0) is 9.90. The maximum Gasteiger partial charge on any atom is 0.241 e. The lowest BCUT2D eigenvalue weighted by atomic mass is 9.92. The third kappa shape index (κ3) is 2.29. The van der Waals surface area contributed by atoms with E-state index in [1.54, 1.807) is 12.5 Å². The molecule has 0 aromatic carbocycles. The Bertz CT molecular complexity index is 278. The molecule has 1 heterocycles. The van der Waals surface area contributed by atoms with Gasteiger partial charge in [-0.3, -0.25) is 10.2 Å². The number of nitrogens with two attached hydrogens (primary N) is 1. The predicted molar refractivity (Wildman–Crippen MR) is 48.3 cm³/mol. The number of nitrogens with zero attached hydrogens (tertiary/aromatic N) is 2. The number of aromatic nitrogens is 2. The van der Waals surface area contributed by atoms with E-state index in [0.29, 0.717) is 6.54 Å². The second-order valence-corrected chi connectivity index (χ2v) is 3.59. The lowest BCUT2D eigenvalue weighted by molar-refractivity contribution is -0.130. The van der Waals surface area contributed by atoms with Crippen molar-refractivity contribution < 1.29 is 4.79 Å². The van der Waals surface area contributed by atoms with Crippen molar-refractivity contribution in [3.8, 4) is 0 Å². The van der Waals surface area contributed by atoms with Crippen LogP contribution < -0.4 is 11.3 Å². The van der Waals surface area contributed by atoms with Crippen molar-refractivity contribution >= 4 is 5.91 Å². The Morgan fingerprint density at radius 2 is 2.38 bits per heavy atom. The van der Waals surface area contributed by atoms with Crippen LogP contribution in [0.25, 0.3) is 0 Å². The summed E-state index contributed by atoms with van der Waals surface area (Å²) in [6, 6.07) is 0. The quantitative estimate of drug-likeness (QED) is 0.389. The van der Waals surface area contributed by atoms with Gasteiger partial charge in [-0.2, -0.15) is 0 Å². The normalized spacial score (nSPS) is 11.3. The van der Waals surface area contributed by atoms with E-state index in [0.717, 1.165) is 0 Å². The van der Waals surface area contributed by atoms with Crippen molar-refractivity contribution in [1.29, 1.82) is 0 Å². The van der Waals surface area contributed by atoms with Crippen LogP contribution in [0.3, 0.4) is 0 Å². The van der Waals surface area contributed by atoms with Crippen LogP contribution in [0.4, 0.5) is 0 Å². The number of carbonyl (C=O) groups is 1. The highest BCUT2D eigenvalue weighted by Gasteiger charge is 2.27. The topological polar surface area (TPSA) is 72.9 Å². The number of rotatable bonds is 3. The Kier molecular flexibility index (Phi) is 2.67. The van der Waals surface area contributed by atoms with Gasteiger partial charge in [0.1, 0.15) is 0 Å². The van der Waals surface area contributed by atoms with Gasteiger partial charge in [0, 0.05) is 18.9 Å². The molecule has 5 heteroatoms. The van der Waals surface area contributed by atoms with Crippen molar-refractivity contribution in [2.24, 2.45) is 11.3 Å². The molecule has 0 aliphatic carbocycles. The summed E-state index contributed by atoms with van der Waals surface area (Å²) in [6.45, 7) is 4.22. The van der Waals surface area contributed by atoms with Gasteiger partial charge < -0.3 is 4.57 Å². The van der Waals surface area contributed by atoms with Gasteiger partial charge in [-0.25, -0.2) is 10.8 Å². The van der Waals surface area contributed by atoms with E-state index in [-0.39, 0.29) is 5.91 Å². The van der Waals surface area contributed by atoms with Crippen LogP contribution in [0, 0.1) is 5.41 Å². The van der Waals surface area contributed by atoms with Crippen molar-refractivity contribution in [3.05, 3.63) is 18.7 Å². The van der Waals surface area contributed by atoms with Gasteiger partial charge in [0.15, 0.2) is 0 Å². The maximum atomic E-state index is 11.3. The third-order valence-corrected chi connectivity index (χ3v) is 1.88. The lowest BCUT2D eigenvalue weighted by Gasteiger charge is -2.22. The summed E-state index contributed by atoms with van der Waals surface area (Å²) in [4.78, 5) is 15.2. The molecule has 3 N–H and O–H groups in total. The summed E-state index contributed by atoms with van der Waals surface area (Å²) in [5, 5.41) is 0. The van der Waals surface area contributed by atoms with Crippen molar-refractivity contribution in [2.45, 2.75) is 20.4 Å². The monoisotopic (exact) mass is 182 g/mol. The number of imidazole rings is 1. The summed E-state index contributed by atoms with van der Waals surface area (Å²) in [6.07, 6.45) is 5.16. The van der Waals surface area contributed by atoms with Crippen LogP contribution >= 0.6 is 0 Å². The maximum absolute atomic E-state index is 11.3. The molecule has 1 amide bonds. The van der Waals surface area contributed by atoms with Crippen molar-refractivity contribution in [1.82, 2.24) is 15.0 Å². The van der Waals surface area contributed by atoms with Gasteiger partial charge in [0.05, 0.1) is 11.7 Å². The van der Waals surface area contributed by atoms with Crippen LogP contribution in [0.5, 0.6) is 0 Å². The molecule has 0 aliphatic heterocycles. The van der Waals surface area contributed by atoms with Gasteiger partial charge in [0.2, 0.25) is 5.91 Å². The standard InChI is InChI=1S/C8H14N4O/c1-8(2,7(13)11-9)5-12-4-3-10-6-12/h3-4,6H,5,9H2,1-2H3,(H,11,13). The molecule has 0 saturated carbocycles. The minimum atomic E-state index is -0.518. The van der Waals surface area contributed by atoms with E-state index in [1.807, 2.05) is 24.6 Å². The van der Waals surface area contributed by atoms with Gasteiger partial charge in [0.25, 0.3) is 0 Å². The minimum absolute atomic E-state index is 0.179. The molecule has 0 bridgehead atoms. The van der Waals surface area contributed by atoms with Crippen LogP contribution in [-0.2, 0) is 11.3 Å². The van der Waals surface area contributed by atoms with E-state index in [2.05, 4.69) is 10.4 Å². The fraction of sp³-hybridized carbons (Fsp3) is 0.500. The van der Waals surface area contributed by atoms with Crippen molar-refractivity contribution in [2.75, 3.05) is 0 Å². The highest BCUT2D eigenvalue weighted by Crippen LogP contribution is 2.17. The molecule has 1 aromatic rings. The Balaban J connectivity index is 2.67. The molecule has 0 aliphatic rings. The second-order valence-electron chi connectivity index (χ2n) is 3.59. The first-order chi connectivity index (χ1) is 6.06. The zero-order valence-corrected chi connectivity index (χ0v) is 7.82. The lowest BCUT2D eigenvalue weighted by Crippen LogP contribution is -2.43. The van der Waals surface area contributed by atoms with E-state index in [4.69, 9.17) is 5.84 Å². The summed E-state index contributed by atoms with van der Waals surface area (Å²) >= 11 is 0. The summed E-state index contributed by atoms with van der Waals surface area (Å²) < 4.78 is 1.84. The van der Waals surface area contributed by atoms with Crippen LogP contribution in [0.1, 0.15) is 13.8 Å². The fourth-order valence-corrected chi connectivity index (χ4v) is 1.10. The molecular formula is C8H14N4O. The molecule has 5 nitrogen and oxygen atoms in total. The molecule has 0 saturated heterocycles. The highest BCUT2D eigenvalue weighted by atomic mass is 16.2. The predicted octanol–water partition coefficient (Wildman–Crippen LogP) is -0.101. The molecule has 0 atom stereocenters. The van der Waals surface area contributed by atoms with Gasteiger partial charge in [-0.05, 0) is 13.8 Å².